The maximum atomic E-state index is 5.40. The van der Waals surface area contributed by atoms with Gasteiger partial charge in [-0.2, -0.15) is 4.98 Å². The maximum absolute atomic E-state index is 5.40. The van der Waals surface area contributed by atoms with E-state index in [1.165, 1.54) is 12.8 Å². The number of nitrogens with one attached hydrogen (secondary N) is 1. The van der Waals surface area contributed by atoms with Crippen molar-refractivity contribution in [2.45, 2.75) is 25.7 Å². The van der Waals surface area contributed by atoms with E-state index in [1.807, 2.05) is 18.2 Å². The van der Waals surface area contributed by atoms with E-state index in [0.717, 1.165) is 36.7 Å². The van der Waals surface area contributed by atoms with E-state index in [2.05, 4.69) is 15.5 Å². The van der Waals surface area contributed by atoms with Crippen LogP contribution in [0, 0.1) is 5.92 Å². The van der Waals surface area contributed by atoms with Crippen molar-refractivity contribution in [2.75, 3.05) is 27.3 Å². The van der Waals surface area contributed by atoms with Crippen LogP contribution in [0.3, 0.4) is 0 Å². The molecule has 0 spiro atoms. The maximum Gasteiger partial charge on any atom is 0.226 e. The second-order valence-corrected chi connectivity index (χ2v) is 5.87. The summed E-state index contributed by atoms with van der Waals surface area (Å²) < 4.78 is 16.0. The van der Waals surface area contributed by atoms with Crippen LogP contribution in [0.5, 0.6) is 11.5 Å². The highest BCUT2D eigenvalue weighted by molar-refractivity contribution is 5.85. The average Bonchev–Trinajstić information content (AvgIpc) is 3.02. The minimum atomic E-state index is 0. The van der Waals surface area contributed by atoms with E-state index in [4.69, 9.17) is 14.0 Å². The van der Waals surface area contributed by atoms with Gasteiger partial charge in [-0.15, -0.1) is 12.4 Å². The van der Waals surface area contributed by atoms with Crippen LogP contribution in [0.1, 0.15) is 30.1 Å². The summed E-state index contributed by atoms with van der Waals surface area (Å²) in [6, 6.07) is 5.83. The minimum absolute atomic E-state index is 0. The Labute approximate surface area is 148 Å². The van der Waals surface area contributed by atoms with Crippen molar-refractivity contribution in [3.05, 3.63) is 35.5 Å². The van der Waals surface area contributed by atoms with Crippen molar-refractivity contribution in [3.63, 3.8) is 0 Å². The highest BCUT2D eigenvalue weighted by Crippen LogP contribution is 2.28. The average molecular weight is 354 g/mol. The lowest BCUT2D eigenvalue weighted by atomic mass is 9.95. The second-order valence-electron chi connectivity index (χ2n) is 5.87. The third-order valence-electron chi connectivity index (χ3n) is 4.24. The fraction of sp³-hybridized carbons (Fsp3) is 0.529. The highest BCUT2D eigenvalue weighted by Gasteiger charge is 2.17. The van der Waals surface area contributed by atoms with Crippen LogP contribution < -0.4 is 14.8 Å². The largest absolute Gasteiger partial charge is 0.493 e. The monoisotopic (exact) mass is 353 g/mol. The van der Waals surface area contributed by atoms with Crippen molar-refractivity contribution >= 4 is 12.4 Å². The second kappa shape index (κ2) is 8.89. The van der Waals surface area contributed by atoms with E-state index in [-0.39, 0.29) is 12.4 Å². The summed E-state index contributed by atoms with van der Waals surface area (Å²) in [6.45, 7) is 2.16. The number of hydrogen-bond acceptors (Lipinski definition) is 6. The normalized spacial score (nSPS) is 14.9. The summed E-state index contributed by atoms with van der Waals surface area (Å²) in [5.74, 6) is 3.53. The molecule has 1 aromatic carbocycles. The minimum Gasteiger partial charge on any atom is -0.493 e. The predicted molar refractivity (Wildman–Crippen MR) is 93.2 cm³/mol. The molecule has 0 saturated carbocycles. The molecule has 1 N–H and O–H groups in total. The number of hydrogen-bond donors (Lipinski definition) is 1. The van der Waals surface area contributed by atoms with Crippen molar-refractivity contribution in [2.24, 2.45) is 5.92 Å². The lowest BCUT2D eigenvalue weighted by Crippen LogP contribution is -2.28. The van der Waals surface area contributed by atoms with Gasteiger partial charge in [0.1, 0.15) is 0 Å². The number of rotatable bonds is 6. The van der Waals surface area contributed by atoms with Crippen LogP contribution >= 0.6 is 12.4 Å². The van der Waals surface area contributed by atoms with Crippen molar-refractivity contribution < 1.29 is 14.0 Å². The van der Waals surface area contributed by atoms with Gasteiger partial charge >= 0.3 is 0 Å². The van der Waals surface area contributed by atoms with Crippen LogP contribution in [0.2, 0.25) is 0 Å². The molecule has 2 heterocycles. The number of benzene rings is 1. The van der Waals surface area contributed by atoms with E-state index < -0.39 is 0 Å². The number of piperidine rings is 1. The van der Waals surface area contributed by atoms with Gasteiger partial charge < -0.3 is 19.3 Å². The van der Waals surface area contributed by atoms with Gasteiger partial charge in [0, 0.05) is 12.8 Å². The molecule has 3 rings (SSSR count). The first-order valence-corrected chi connectivity index (χ1v) is 8.01. The molecule has 0 radical (unpaired) electrons. The Hall–Kier alpha value is -1.79. The first-order valence-electron chi connectivity index (χ1n) is 8.01. The van der Waals surface area contributed by atoms with Gasteiger partial charge in [0.2, 0.25) is 5.89 Å². The molecule has 2 aromatic rings. The number of aromatic nitrogens is 2. The number of nitrogens with zero attached hydrogens (tertiary/aromatic N) is 2. The zero-order valence-corrected chi connectivity index (χ0v) is 14.9. The Morgan fingerprint density at radius 3 is 2.62 bits per heavy atom. The Kier molecular flexibility index (Phi) is 6.87. The standard InChI is InChI=1S/C17H23N3O3.ClH/c1-21-14-4-3-13(9-15(14)22-2)10-16-19-17(23-20-16)11-12-5-7-18-8-6-12;/h3-4,9,12,18H,5-8,10-11H2,1-2H3;1H. The van der Waals surface area contributed by atoms with Gasteiger partial charge in [-0.05, 0) is 49.5 Å². The van der Waals surface area contributed by atoms with Crippen molar-refractivity contribution in [1.29, 1.82) is 0 Å². The number of halogens is 1. The Balaban J connectivity index is 0.00000208. The molecular formula is C17H24ClN3O3. The fourth-order valence-electron chi connectivity index (χ4n) is 2.95. The fourth-order valence-corrected chi connectivity index (χ4v) is 2.95. The zero-order chi connectivity index (χ0) is 16.1. The third-order valence-corrected chi connectivity index (χ3v) is 4.24. The third kappa shape index (κ3) is 4.61. The molecule has 24 heavy (non-hydrogen) atoms. The smallest absolute Gasteiger partial charge is 0.226 e. The molecule has 1 aliphatic heterocycles. The van der Waals surface area contributed by atoms with Crippen LogP contribution in [0.25, 0.3) is 0 Å². The molecule has 0 aliphatic carbocycles. The van der Waals surface area contributed by atoms with Crippen LogP contribution in [0.4, 0.5) is 0 Å². The summed E-state index contributed by atoms with van der Waals surface area (Å²) in [7, 11) is 3.26. The van der Waals surface area contributed by atoms with E-state index >= 15 is 0 Å². The molecule has 6 nitrogen and oxygen atoms in total. The van der Waals surface area contributed by atoms with Gasteiger partial charge in [0.05, 0.1) is 14.2 Å². The molecule has 1 fully saturated rings. The van der Waals surface area contributed by atoms with E-state index in [0.29, 0.717) is 23.9 Å². The van der Waals surface area contributed by atoms with Gasteiger partial charge in [0.15, 0.2) is 17.3 Å². The SMILES string of the molecule is COc1ccc(Cc2noc(CC3CCNCC3)n2)cc1OC.Cl. The first-order chi connectivity index (χ1) is 11.3. The number of methoxy groups -OCH3 is 2. The Morgan fingerprint density at radius 1 is 1.17 bits per heavy atom. The summed E-state index contributed by atoms with van der Waals surface area (Å²) in [5.41, 5.74) is 1.07. The predicted octanol–water partition coefficient (Wildman–Crippen LogP) is 2.64. The molecule has 0 unspecified atom stereocenters. The molecule has 0 atom stereocenters. The summed E-state index contributed by atoms with van der Waals surface area (Å²) in [5, 5.41) is 7.47. The Bertz CT molecular complexity index is 642. The summed E-state index contributed by atoms with van der Waals surface area (Å²) in [6.07, 6.45) is 3.84. The molecule has 1 aliphatic rings. The summed E-state index contributed by atoms with van der Waals surface area (Å²) >= 11 is 0. The topological polar surface area (TPSA) is 69.4 Å². The van der Waals surface area contributed by atoms with Crippen LogP contribution in [-0.2, 0) is 12.8 Å². The number of ether oxygens (including phenoxy) is 2. The lowest BCUT2D eigenvalue weighted by Gasteiger charge is -2.20. The van der Waals surface area contributed by atoms with Gasteiger partial charge in [-0.25, -0.2) is 0 Å². The van der Waals surface area contributed by atoms with Crippen LogP contribution in [-0.4, -0.2) is 37.4 Å². The van der Waals surface area contributed by atoms with Gasteiger partial charge in [-0.1, -0.05) is 11.2 Å². The Morgan fingerprint density at radius 2 is 1.92 bits per heavy atom. The molecule has 1 aromatic heterocycles. The first kappa shape index (κ1) is 18.5. The molecule has 0 bridgehead atoms. The zero-order valence-electron chi connectivity index (χ0n) is 14.1. The lowest BCUT2D eigenvalue weighted by molar-refractivity contribution is 0.312. The van der Waals surface area contributed by atoms with E-state index in [1.54, 1.807) is 14.2 Å². The summed E-state index contributed by atoms with van der Waals surface area (Å²) in [4.78, 5) is 4.53. The molecular weight excluding hydrogens is 330 g/mol. The van der Waals surface area contributed by atoms with Crippen molar-refractivity contribution in [1.82, 2.24) is 15.5 Å². The molecule has 1 saturated heterocycles. The molecule has 7 heteroatoms. The van der Waals surface area contributed by atoms with Crippen LogP contribution in [0.15, 0.2) is 22.7 Å². The van der Waals surface area contributed by atoms with E-state index in [9.17, 15) is 0 Å². The molecule has 0 amide bonds. The van der Waals surface area contributed by atoms with Gasteiger partial charge in [-0.3, -0.25) is 0 Å². The van der Waals surface area contributed by atoms with Gasteiger partial charge in [0.25, 0.3) is 0 Å². The van der Waals surface area contributed by atoms with Crippen molar-refractivity contribution in [3.8, 4) is 11.5 Å². The highest BCUT2D eigenvalue weighted by atomic mass is 35.5. The quantitative estimate of drug-likeness (QED) is 0.861. The molecule has 132 valence electrons.